The number of nitrogens with one attached hydrogen (secondary N) is 2. The van der Waals surface area contributed by atoms with E-state index in [0.717, 1.165) is 55.3 Å². The van der Waals surface area contributed by atoms with Gasteiger partial charge in [0.25, 0.3) is 0 Å². The molecule has 0 aliphatic carbocycles. The molecule has 1 atom stereocenters. The van der Waals surface area contributed by atoms with Crippen LogP contribution in [-0.2, 0) is 13.2 Å². The first-order valence-electron chi connectivity index (χ1n) is 10.5. The SMILES string of the molecule is CCCC(CCO)CNC(=NCc1cccc(OCc2ccccn2)c1)NCC.I. The largest absolute Gasteiger partial charge is 0.487 e. The minimum absolute atomic E-state index is 0. The maximum atomic E-state index is 9.24. The molecule has 0 spiro atoms. The molecular weight excluding hydrogens is 491 g/mol. The molecule has 0 amide bonds. The minimum Gasteiger partial charge on any atom is -0.487 e. The van der Waals surface area contributed by atoms with Crippen molar-refractivity contribution in [2.45, 2.75) is 46.3 Å². The van der Waals surface area contributed by atoms with E-state index in [9.17, 15) is 5.11 Å². The highest BCUT2D eigenvalue weighted by Crippen LogP contribution is 2.15. The predicted molar refractivity (Wildman–Crippen MR) is 133 cm³/mol. The molecule has 2 aromatic rings. The number of guanidine groups is 1. The number of benzene rings is 1. The maximum absolute atomic E-state index is 9.24. The number of halogens is 1. The summed E-state index contributed by atoms with van der Waals surface area (Å²) in [6.45, 7) is 7.08. The first-order chi connectivity index (χ1) is 14.2. The maximum Gasteiger partial charge on any atom is 0.191 e. The quantitative estimate of drug-likeness (QED) is 0.220. The molecular formula is C23H35IN4O2. The van der Waals surface area contributed by atoms with E-state index in [4.69, 9.17) is 9.73 Å². The Balaban J connectivity index is 0.00000450. The van der Waals surface area contributed by atoms with Gasteiger partial charge < -0.3 is 20.5 Å². The second kappa shape index (κ2) is 15.9. The molecule has 3 N–H and O–H groups in total. The van der Waals surface area contributed by atoms with Gasteiger partial charge in [-0.3, -0.25) is 4.98 Å². The number of pyridine rings is 1. The Morgan fingerprint density at radius 1 is 1.13 bits per heavy atom. The summed E-state index contributed by atoms with van der Waals surface area (Å²) in [5.41, 5.74) is 1.99. The summed E-state index contributed by atoms with van der Waals surface area (Å²) in [4.78, 5) is 8.98. The first kappa shape index (κ1) is 26.2. The highest BCUT2D eigenvalue weighted by Gasteiger charge is 2.08. The fraction of sp³-hybridized carbons (Fsp3) is 0.478. The molecule has 1 unspecified atom stereocenters. The fourth-order valence-corrected chi connectivity index (χ4v) is 3.07. The Hall–Kier alpha value is -1.87. The summed E-state index contributed by atoms with van der Waals surface area (Å²) in [5, 5.41) is 15.9. The number of aliphatic imine (C=N–C) groups is 1. The van der Waals surface area contributed by atoms with E-state index in [1.807, 2.05) is 42.5 Å². The molecule has 0 bridgehead atoms. The molecule has 2 rings (SSSR count). The van der Waals surface area contributed by atoms with Crippen LogP contribution in [0.2, 0.25) is 0 Å². The van der Waals surface area contributed by atoms with E-state index in [2.05, 4.69) is 29.5 Å². The third kappa shape index (κ3) is 10.2. The van der Waals surface area contributed by atoms with Crippen molar-refractivity contribution in [1.29, 1.82) is 0 Å². The number of hydrogen-bond acceptors (Lipinski definition) is 4. The van der Waals surface area contributed by atoms with Crippen LogP contribution in [0.4, 0.5) is 0 Å². The number of ether oxygens (including phenoxy) is 1. The number of aliphatic hydroxyl groups excluding tert-OH is 1. The highest BCUT2D eigenvalue weighted by molar-refractivity contribution is 14.0. The predicted octanol–water partition coefficient (Wildman–Crippen LogP) is 4.13. The van der Waals surface area contributed by atoms with Crippen LogP contribution >= 0.6 is 24.0 Å². The van der Waals surface area contributed by atoms with Crippen LogP contribution in [0.5, 0.6) is 5.75 Å². The van der Waals surface area contributed by atoms with E-state index in [-0.39, 0.29) is 30.6 Å². The van der Waals surface area contributed by atoms with Gasteiger partial charge in [-0.15, -0.1) is 24.0 Å². The number of rotatable bonds is 12. The number of aliphatic hydroxyl groups is 1. The number of aromatic nitrogens is 1. The summed E-state index contributed by atoms with van der Waals surface area (Å²) in [6, 6.07) is 13.8. The van der Waals surface area contributed by atoms with Crippen LogP contribution in [0.15, 0.2) is 53.7 Å². The normalized spacial score (nSPS) is 12.0. The van der Waals surface area contributed by atoms with Crippen molar-refractivity contribution < 1.29 is 9.84 Å². The lowest BCUT2D eigenvalue weighted by Gasteiger charge is -2.18. The van der Waals surface area contributed by atoms with Crippen molar-refractivity contribution in [3.63, 3.8) is 0 Å². The van der Waals surface area contributed by atoms with Gasteiger partial charge in [0.1, 0.15) is 12.4 Å². The standard InChI is InChI=1S/C23H34N4O2.HI/c1-3-8-19(12-14-28)16-26-23(24-4-2)27-17-20-9-7-11-22(15-20)29-18-21-10-5-6-13-25-21;/h5-7,9-11,13,15,19,28H,3-4,8,12,14,16-18H2,1-2H3,(H2,24,26,27);1H. The molecule has 7 heteroatoms. The Labute approximate surface area is 197 Å². The van der Waals surface area contributed by atoms with Gasteiger partial charge in [0.15, 0.2) is 5.96 Å². The zero-order chi connectivity index (χ0) is 20.7. The van der Waals surface area contributed by atoms with Crippen LogP contribution in [0, 0.1) is 5.92 Å². The lowest BCUT2D eigenvalue weighted by atomic mass is 10.0. The van der Waals surface area contributed by atoms with Gasteiger partial charge in [0.05, 0.1) is 12.2 Å². The van der Waals surface area contributed by atoms with E-state index >= 15 is 0 Å². The average Bonchev–Trinajstić information content (AvgIpc) is 2.75. The Morgan fingerprint density at radius 3 is 2.70 bits per heavy atom. The molecule has 1 aromatic heterocycles. The lowest BCUT2D eigenvalue weighted by molar-refractivity contribution is 0.251. The molecule has 30 heavy (non-hydrogen) atoms. The van der Waals surface area contributed by atoms with Crippen molar-refractivity contribution in [1.82, 2.24) is 15.6 Å². The summed E-state index contributed by atoms with van der Waals surface area (Å²) < 4.78 is 5.85. The van der Waals surface area contributed by atoms with Gasteiger partial charge in [0.2, 0.25) is 0 Å². The monoisotopic (exact) mass is 526 g/mol. The second-order valence-corrected chi connectivity index (χ2v) is 7.00. The average molecular weight is 526 g/mol. The summed E-state index contributed by atoms with van der Waals surface area (Å²) in [7, 11) is 0. The van der Waals surface area contributed by atoms with E-state index in [1.165, 1.54) is 0 Å². The van der Waals surface area contributed by atoms with Crippen LogP contribution in [0.25, 0.3) is 0 Å². The van der Waals surface area contributed by atoms with Crippen LogP contribution in [-0.4, -0.2) is 35.7 Å². The van der Waals surface area contributed by atoms with Gasteiger partial charge in [-0.2, -0.15) is 0 Å². The summed E-state index contributed by atoms with van der Waals surface area (Å²) in [6.07, 6.45) is 4.80. The Morgan fingerprint density at radius 2 is 2.00 bits per heavy atom. The molecule has 166 valence electrons. The van der Waals surface area contributed by atoms with Gasteiger partial charge in [-0.05, 0) is 55.5 Å². The Kier molecular flexibility index (Phi) is 13.9. The summed E-state index contributed by atoms with van der Waals surface area (Å²) in [5.74, 6) is 2.07. The van der Waals surface area contributed by atoms with Crippen LogP contribution in [0.1, 0.15) is 44.4 Å². The summed E-state index contributed by atoms with van der Waals surface area (Å²) >= 11 is 0. The van der Waals surface area contributed by atoms with Gasteiger partial charge in [-0.1, -0.05) is 31.5 Å². The molecule has 0 aliphatic rings. The van der Waals surface area contributed by atoms with E-state index in [1.54, 1.807) is 6.20 Å². The molecule has 0 saturated carbocycles. The number of nitrogens with zero attached hydrogens (tertiary/aromatic N) is 2. The van der Waals surface area contributed by atoms with Crippen molar-refractivity contribution in [2.24, 2.45) is 10.9 Å². The van der Waals surface area contributed by atoms with Crippen molar-refractivity contribution >= 4 is 29.9 Å². The van der Waals surface area contributed by atoms with E-state index in [0.29, 0.717) is 19.1 Å². The third-order valence-electron chi connectivity index (χ3n) is 4.57. The number of hydrogen-bond donors (Lipinski definition) is 3. The van der Waals surface area contributed by atoms with E-state index < -0.39 is 0 Å². The van der Waals surface area contributed by atoms with Crippen molar-refractivity contribution in [3.8, 4) is 5.75 Å². The molecule has 0 aliphatic heterocycles. The molecule has 6 nitrogen and oxygen atoms in total. The van der Waals surface area contributed by atoms with Gasteiger partial charge in [0, 0.05) is 25.9 Å². The highest BCUT2D eigenvalue weighted by atomic mass is 127. The molecule has 0 fully saturated rings. The molecule has 0 radical (unpaired) electrons. The fourth-order valence-electron chi connectivity index (χ4n) is 3.07. The van der Waals surface area contributed by atoms with Gasteiger partial charge in [-0.25, -0.2) is 4.99 Å². The zero-order valence-corrected chi connectivity index (χ0v) is 20.3. The molecule has 0 saturated heterocycles. The van der Waals surface area contributed by atoms with Crippen molar-refractivity contribution in [2.75, 3.05) is 19.7 Å². The molecule has 1 heterocycles. The third-order valence-corrected chi connectivity index (χ3v) is 4.57. The van der Waals surface area contributed by atoms with Crippen LogP contribution in [0.3, 0.4) is 0 Å². The topological polar surface area (TPSA) is 78.8 Å². The first-order valence-corrected chi connectivity index (χ1v) is 10.5. The smallest absolute Gasteiger partial charge is 0.191 e. The molecule has 1 aromatic carbocycles. The Bertz CT molecular complexity index is 722. The lowest BCUT2D eigenvalue weighted by Crippen LogP contribution is -2.40. The minimum atomic E-state index is 0. The van der Waals surface area contributed by atoms with Crippen LogP contribution < -0.4 is 15.4 Å². The zero-order valence-electron chi connectivity index (χ0n) is 18.0. The van der Waals surface area contributed by atoms with Crippen molar-refractivity contribution in [3.05, 3.63) is 59.9 Å². The second-order valence-electron chi connectivity index (χ2n) is 7.00. The van der Waals surface area contributed by atoms with Gasteiger partial charge >= 0.3 is 0 Å².